The zero-order chi connectivity index (χ0) is 14.8. The first-order chi connectivity index (χ1) is 9.42. The van der Waals surface area contributed by atoms with Gasteiger partial charge in [-0.3, -0.25) is 4.79 Å². The Balaban J connectivity index is 2.19. The molecule has 1 amide bonds. The smallest absolute Gasteiger partial charge is 0.240 e. The third kappa shape index (κ3) is 3.36. The minimum Gasteiger partial charge on any atom is -0.388 e. The minimum atomic E-state index is -3.68. The van der Waals surface area contributed by atoms with Gasteiger partial charge in [-0.1, -0.05) is 19.1 Å². The van der Waals surface area contributed by atoms with Gasteiger partial charge >= 0.3 is 0 Å². The number of sulfonamides is 1. The molecule has 0 bridgehead atoms. The predicted octanol–water partition coefficient (Wildman–Crippen LogP) is 0.297. The van der Waals surface area contributed by atoms with Crippen LogP contribution in [0.25, 0.3) is 0 Å². The lowest BCUT2D eigenvalue weighted by Crippen LogP contribution is -2.36. The largest absolute Gasteiger partial charge is 0.388 e. The van der Waals surface area contributed by atoms with Crippen molar-refractivity contribution in [2.24, 2.45) is 0 Å². The zero-order valence-electron chi connectivity index (χ0n) is 11.2. The number of amides is 1. The topological polar surface area (TPSA) is 95.5 Å². The second-order valence-electron chi connectivity index (χ2n) is 4.82. The van der Waals surface area contributed by atoms with Crippen LogP contribution < -0.4 is 10.0 Å². The fraction of sp³-hybridized carbons (Fsp3) is 0.462. The Labute approximate surface area is 118 Å². The number of aliphatic hydroxyl groups is 1. The van der Waals surface area contributed by atoms with Crippen molar-refractivity contribution in [1.82, 2.24) is 10.0 Å². The van der Waals surface area contributed by atoms with Crippen molar-refractivity contribution in [3.63, 3.8) is 0 Å². The lowest BCUT2D eigenvalue weighted by molar-refractivity contribution is -0.119. The molecule has 1 aliphatic heterocycles. The molecule has 1 aromatic rings. The summed E-state index contributed by atoms with van der Waals surface area (Å²) in [4.78, 5) is 11.2. The molecular weight excluding hydrogens is 280 g/mol. The molecule has 2 unspecified atom stereocenters. The molecule has 1 heterocycles. The highest BCUT2D eigenvalue weighted by molar-refractivity contribution is 7.89. The summed E-state index contributed by atoms with van der Waals surface area (Å²) in [5, 5.41) is 12.3. The average Bonchev–Trinajstić information content (AvgIpc) is 2.82. The Kier molecular flexibility index (Phi) is 4.42. The van der Waals surface area contributed by atoms with E-state index in [0.29, 0.717) is 18.5 Å². The van der Waals surface area contributed by atoms with Crippen LogP contribution in [-0.4, -0.2) is 32.0 Å². The Hall–Kier alpha value is -1.44. The number of carbonyl (C=O) groups is 1. The normalized spacial score (nSPS) is 20.7. The summed E-state index contributed by atoms with van der Waals surface area (Å²) in [6, 6.07) is 5.79. The zero-order valence-corrected chi connectivity index (χ0v) is 12.0. The number of hydrogen-bond acceptors (Lipinski definition) is 4. The van der Waals surface area contributed by atoms with Gasteiger partial charge in [-0.2, -0.15) is 0 Å². The second-order valence-corrected chi connectivity index (χ2v) is 6.54. The van der Waals surface area contributed by atoms with Crippen LogP contribution in [0.3, 0.4) is 0 Å². The van der Waals surface area contributed by atoms with Crippen molar-refractivity contribution < 1.29 is 18.3 Å². The average molecular weight is 298 g/mol. The van der Waals surface area contributed by atoms with Gasteiger partial charge in [0.15, 0.2) is 0 Å². The quantitative estimate of drug-likeness (QED) is 0.728. The molecule has 1 aliphatic rings. The molecule has 0 radical (unpaired) electrons. The minimum absolute atomic E-state index is 0.0989. The van der Waals surface area contributed by atoms with E-state index in [1.165, 1.54) is 12.1 Å². The highest BCUT2D eigenvalue weighted by atomic mass is 32.2. The molecule has 1 fully saturated rings. The fourth-order valence-corrected chi connectivity index (χ4v) is 3.39. The van der Waals surface area contributed by atoms with E-state index in [2.05, 4.69) is 10.0 Å². The first-order valence-electron chi connectivity index (χ1n) is 6.49. The van der Waals surface area contributed by atoms with E-state index in [4.69, 9.17) is 0 Å². The van der Waals surface area contributed by atoms with Crippen LogP contribution in [0, 0.1) is 0 Å². The SMILES string of the molecule is CCC(O)c1cccc(S(=O)(=O)NC2CNC(=O)C2)c1. The molecule has 2 rings (SSSR count). The Morgan fingerprint density at radius 3 is 2.85 bits per heavy atom. The standard InChI is InChI=1S/C13H18N2O4S/c1-2-12(16)9-4-3-5-11(6-9)20(18,19)15-10-7-13(17)14-8-10/h3-6,10,12,15-16H,2,7-8H2,1H3,(H,14,17). The highest BCUT2D eigenvalue weighted by Gasteiger charge is 2.27. The van der Waals surface area contributed by atoms with Crippen LogP contribution in [0.2, 0.25) is 0 Å². The molecule has 0 saturated carbocycles. The number of nitrogens with one attached hydrogen (secondary N) is 2. The van der Waals surface area contributed by atoms with Gasteiger partial charge in [0.05, 0.1) is 11.0 Å². The molecule has 7 heteroatoms. The van der Waals surface area contributed by atoms with Gasteiger partial charge in [0, 0.05) is 19.0 Å². The number of benzene rings is 1. The maximum atomic E-state index is 12.2. The van der Waals surface area contributed by atoms with Crippen LogP contribution in [0.5, 0.6) is 0 Å². The van der Waals surface area contributed by atoms with Crippen molar-refractivity contribution in [2.45, 2.75) is 36.8 Å². The van der Waals surface area contributed by atoms with E-state index in [1.54, 1.807) is 12.1 Å². The van der Waals surface area contributed by atoms with Crippen LogP contribution in [-0.2, 0) is 14.8 Å². The van der Waals surface area contributed by atoms with Crippen LogP contribution >= 0.6 is 0 Å². The first-order valence-corrected chi connectivity index (χ1v) is 7.97. The summed E-state index contributed by atoms with van der Waals surface area (Å²) in [6.45, 7) is 2.12. The molecule has 110 valence electrons. The molecule has 1 aromatic carbocycles. The van der Waals surface area contributed by atoms with Gasteiger partial charge in [-0.25, -0.2) is 13.1 Å². The summed E-state index contributed by atoms with van der Waals surface area (Å²) in [5.41, 5.74) is 0.566. The maximum absolute atomic E-state index is 12.2. The Bertz CT molecular complexity index is 600. The van der Waals surface area contributed by atoms with E-state index in [1.807, 2.05) is 6.92 Å². The molecule has 2 atom stereocenters. The number of rotatable bonds is 5. The van der Waals surface area contributed by atoms with Crippen molar-refractivity contribution in [3.8, 4) is 0 Å². The van der Waals surface area contributed by atoms with Crippen molar-refractivity contribution >= 4 is 15.9 Å². The van der Waals surface area contributed by atoms with Gasteiger partial charge < -0.3 is 10.4 Å². The molecular formula is C13H18N2O4S. The Morgan fingerprint density at radius 2 is 2.25 bits per heavy atom. The maximum Gasteiger partial charge on any atom is 0.240 e. The summed E-state index contributed by atoms with van der Waals surface area (Å²) in [6.07, 6.45) is -0.0195. The molecule has 0 aromatic heterocycles. The first kappa shape index (κ1) is 15.0. The van der Waals surface area contributed by atoms with Crippen molar-refractivity contribution in [2.75, 3.05) is 6.54 Å². The number of carbonyl (C=O) groups excluding carboxylic acids is 1. The molecule has 3 N–H and O–H groups in total. The van der Waals surface area contributed by atoms with Crippen LogP contribution in [0.15, 0.2) is 29.2 Å². The lowest BCUT2D eigenvalue weighted by atomic mass is 10.1. The van der Waals surface area contributed by atoms with Gasteiger partial charge in [-0.15, -0.1) is 0 Å². The van der Waals surface area contributed by atoms with E-state index in [0.717, 1.165) is 0 Å². The van der Waals surface area contributed by atoms with E-state index < -0.39 is 22.2 Å². The van der Waals surface area contributed by atoms with E-state index >= 15 is 0 Å². The van der Waals surface area contributed by atoms with Crippen LogP contribution in [0.4, 0.5) is 0 Å². The van der Waals surface area contributed by atoms with E-state index in [9.17, 15) is 18.3 Å². The number of aliphatic hydroxyl groups excluding tert-OH is 1. The third-order valence-corrected chi connectivity index (χ3v) is 4.76. The third-order valence-electron chi connectivity index (χ3n) is 3.24. The summed E-state index contributed by atoms with van der Waals surface area (Å²) in [7, 11) is -3.68. The highest BCUT2D eigenvalue weighted by Crippen LogP contribution is 2.20. The second kappa shape index (κ2) is 5.90. The molecule has 1 saturated heterocycles. The van der Waals surface area contributed by atoms with Gasteiger partial charge in [0.1, 0.15) is 0 Å². The monoisotopic (exact) mass is 298 g/mol. The fourth-order valence-electron chi connectivity index (χ4n) is 2.10. The summed E-state index contributed by atoms with van der Waals surface area (Å²) >= 11 is 0. The van der Waals surface area contributed by atoms with Crippen LogP contribution in [0.1, 0.15) is 31.4 Å². The van der Waals surface area contributed by atoms with Gasteiger partial charge in [0.2, 0.25) is 15.9 Å². The Morgan fingerprint density at radius 1 is 1.50 bits per heavy atom. The molecule has 6 nitrogen and oxygen atoms in total. The van der Waals surface area contributed by atoms with Gasteiger partial charge in [-0.05, 0) is 24.1 Å². The summed E-state index contributed by atoms with van der Waals surface area (Å²) in [5.74, 6) is -0.159. The van der Waals surface area contributed by atoms with E-state index in [-0.39, 0.29) is 17.2 Å². The van der Waals surface area contributed by atoms with Crippen molar-refractivity contribution in [1.29, 1.82) is 0 Å². The predicted molar refractivity (Wildman–Crippen MR) is 73.4 cm³/mol. The molecule has 0 spiro atoms. The number of hydrogen-bond donors (Lipinski definition) is 3. The molecule has 20 heavy (non-hydrogen) atoms. The van der Waals surface area contributed by atoms with Gasteiger partial charge in [0.25, 0.3) is 0 Å². The molecule has 0 aliphatic carbocycles. The van der Waals surface area contributed by atoms with Crippen molar-refractivity contribution in [3.05, 3.63) is 29.8 Å². The lowest BCUT2D eigenvalue weighted by Gasteiger charge is -2.13. The summed E-state index contributed by atoms with van der Waals surface area (Å²) < 4.78 is 26.9.